The van der Waals surface area contributed by atoms with Gasteiger partial charge in [-0.3, -0.25) is 9.78 Å². The van der Waals surface area contributed by atoms with Gasteiger partial charge >= 0.3 is 0 Å². The van der Waals surface area contributed by atoms with Crippen LogP contribution in [0.15, 0.2) is 42.6 Å². The molecule has 88 valence electrons. The van der Waals surface area contributed by atoms with Crippen LogP contribution >= 0.6 is 0 Å². The predicted octanol–water partition coefficient (Wildman–Crippen LogP) is 2.02. The Morgan fingerprint density at radius 1 is 1.17 bits per heavy atom. The zero-order valence-corrected chi connectivity index (χ0v) is 9.74. The molecule has 3 rings (SSSR count). The van der Waals surface area contributed by atoms with E-state index in [1.165, 1.54) is 6.92 Å². The van der Waals surface area contributed by atoms with E-state index < -0.39 is 0 Å². The first-order chi connectivity index (χ1) is 8.75. The van der Waals surface area contributed by atoms with Gasteiger partial charge in [0.1, 0.15) is 11.2 Å². The number of nitrogens with zero attached hydrogens (tertiary/aromatic N) is 4. The van der Waals surface area contributed by atoms with E-state index in [1.807, 2.05) is 30.3 Å². The van der Waals surface area contributed by atoms with Crippen LogP contribution in [0.1, 0.15) is 17.4 Å². The fraction of sp³-hybridized carbons (Fsp3) is 0.0769. The third-order valence-corrected chi connectivity index (χ3v) is 2.70. The van der Waals surface area contributed by atoms with Crippen LogP contribution in [0, 0.1) is 0 Å². The Balaban J connectivity index is 2.12. The molecule has 0 saturated carbocycles. The van der Waals surface area contributed by atoms with Crippen molar-refractivity contribution >= 4 is 16.8 Å². The van der Waals surface area contributed by atoms with Crippen LogP contribution in [0.3, 0.4) is 0 Å². The van der Waals surface area contributed by atoms with E-state index in [0.717, 1.165) is 16.7 Å². The van der Waals surface area contributed by atoms with Gasteiger partial charge in [-0.1, -0.05) is 17.3 Å². The molecule has 5 nitrogen and oxygen atoms in total. The van der Waals surface area contributed by atoms with Crippen LogP contribution in [0.5, 0.6) is 0 Å². The summed E-state index contributed by atoms with van der Waals surface area (Å²) in [5, 5.41) is 8.15. The molecule has 0 amide bonds. The van der Waals surface area contributed by atoms with Crippen LogP contribution in [0.2, 0.25) is 0 Å². The standard InChI is InChI=1S/C13H10N4O/c1-9(18)11-7-6-10(8-14-11)17-13-5-3-2-4-12(13)15-16-17/h2-8H,1H3. The van der Waals surface area contributed by atoms with Crippen molar-refractivity contribution in [2.45, 2.75) is 6.92 Å². The first-order valence-electron chi connectivity index (χ1n) is 5.53. The zero-order valence-electron chi connectivity index (χ0n) is 9.74. The van der Waals surface area contributed by atoms with Gasteiger partial charge in [-0.25, -0.2) is 4.68 Å². The molecule has 0 bridgehead atoms. The number of pyridine rings is 1. The summed E-state index contributed by atoms with van der Waals surface area (Å²) in [6, 6.07) is 11.2. The van der Waals surface area contributed by atoms with Gasteiger partial charge in [0.2, 0.25) is 0 Å². The van der Waals surface area contributed by atoms with E-state index in [4.69, 9.17) is 0 Å². The molecule has 0 unspecified atom stereocenters. The lowest BCUT2D eigenvalue weighted by molar-refractivity contribution is 0.101. The maximum Gasteiger partial charge on any atom is 0.178 e. The highest BCUT2D eigenvalue weighted by Crippen LogP contribution is 2.15. The molecular weight excluding hydrogens is 228 g/mol. The lowest BCUT2D eigenvalue weighted by atomic mass is 10.2. The Bertz CT molecular complexity index is 715. The van der Waals surface area contributed by atoms with Gasteiger partial charge in [-0.05, 0) is 24.3 Å². The number of carbonyl (C=O) groups is 1. The molecular formula is C13H10N4O. The SMILES string of the molecule is CC(=O)c1ccc(-n2nnc3ccccc32)cn1. The fourth-order valence-corrected chi connectivity index (χ4v) is 1.78. The van der Waals surface area contributed by atoms with Gasteiger partial charge in [0.05, 0.1) is 17.4 Å². The minimum atomic E-state index is -0.0509. The Morgan fingerprint density at radius 3 is 2.72 bits per heavy atom. The topological polar surface area (TPSA) is 60.7 Å². The molecule has 0 radical (unpaired) electrons. The molecule has 2 heterocycles. The van der Waals surface area contributed by atoms with E-state index in [1.54, 1.807) is 16.9 Å². The minimum Gasteiger partial charge on any atom is -0.293 e. The second-order valence-electron chi connectivity index (χ2n) is 3.95. The summed E-state index contributed by atoms with van der Waals surface area (Å²) in [5.41, 5.74) is 2.97. The van der Waals surface area contributed by atoms with Crippen molar-refractivity contribution in [1.29, 1.82) is 0 Å². The van der Waals surface area contributed by atoms with Gasteiger partial charge in [-0.15, -0.1) is 5.10 Å². The van der Waals surface area contributed by atoms with Gasteiger partial charge in [0.25, 0.3) is 0 Å². The summed E-state index contributed by atoms with van der Waals surface area (Å²) in [7, 11) is 0. The number of benzene rings is 1. The third kappa shape index (κ3) is 1.66. The van der Waals surface area contributed by atoms with Crippen molar-refractivity contribution in [2.24, 2.45) is 0 Å². The average Bonchev–Trinajstić information content (AvgIpc) is 2.82. The van der Waals surface area contributed by atoms with Crippen molar-refractivity contribution in [2.75, 3.05) is 0 Å². The molecule has 0 spiro atoms. The quantitative estimate of drug-likeness (QED) is 0.641. The molecule has 0 aliphatic heterocycles. The number of para-hydroxylation sites is 1. The van der Waals surface area contributed by atoms with Gasteiger partial charge < -0.3 is 0 Å². The minimum absolute atomic E-state index is 0.0509. The number of Topliss-reactive ketones (excluding diaryl/α,β-unsaturated/α-hetero) is 1. The lowest BCUT2D eigenvalue weighted by Crippen LogP contribution is -2.01. The molecule has 3 aromatic rings. The summed E-state index contributed by atoms with van der Waals surface area (Å²) in [6.45, 7) is 1.49. The molecule has 0 N–H and O–H groups in total. The Labute approximate surface area is 103 Å². The molecule has 0 atom stereocenters. The molecule has 0 saturated heterocycles. The van der Waals surface area contributed by atoms with Gasteiger partial charge in [0.15, 0.2) is 5.78 Å². The molecule has 1 aromatic carbocycles. The largest absolute Gasteiger partial charge is 0.293 e. The number of ketones is 1. The van der Waals surface area contributed by atoms with E-state index >= 15 is 0 Å². The molecule has 2 aromatic heterocycles. The third-order valence-electron chi connectivity index (χ3n) is 2.70. The zero-order chi connectivity index (χ0) is 12.5. The summed E-state index contributed by atoms with van der Waals surface area (Å²) >= 11 is 0. The van der Waals surface area contributed by atoms with Crippen LogP contribution in [0.4, 0.5) is 0 Å². The Morgan fingerprint density at radius 2 is 2.00 bits per heavy atom. The van der Waals surface area contributed by atoms with E-state index in [0.29, 0.717) is 5.69 Å². The Kier molecular flexibility index (Phi) is 2.37. The number of rotatable bonds is 2. The molecule has 0 aliphatic rings. The second kappa shape index (κ2) is 4.03. The number of hydrogen-bond acceptors (Lipinski definition) is 4. The Hall–Kier alpha value is -2.56. The molecule has 5 heteroatoms. The predicted molar refractivity (Wildman–Crippen MR) is 66.7 cm³/mol. The van der Waals surface area contributed by atoms with Crippen molar-refractivity contribution < 1.29 is 4.79 Å². The van der Waals surface area contributed by atoms with E-state index in [-0.39, 0.29) is 5.78 Å². The monoisotopic (exact) mass is 238 g/mol. The van der Waals surface area contributed by atoms with E-state index in [2.05, 4.69) is 15.3 Å². The van der Waals surface area contributed by atoms with Gasteiger partial charge in [-0.2, -0.15) is 0 Å². The average molecular weight is 238 g/mol. The highest BCUT2D eigenvalue weighted by molar-refractivity contribution is 5.92. The first-order valence-corrected chi connectivity index (χ1v) is 5.53. The van der Waals surface area contributed by atoms with Crippen LogP contribution in [-0.4, -0.2) is 25.8 Å². The fourth-order valence-electron chi connectivity index (χ4n) is 1.78. The van der Waals surface area contributed by atoms with Crippen LogP contribution in [-0.2, 0) is 0 Å². The number of aromatic nitrogens is 4. The highest BCUT2D eigenvalue weighted by Gasteiger charge is 2.07. The second-order valence-corrected chi connectivity index (χ2v) is 3.95. The van der Waals surface area contributed by atoms with Crippen LogP contribution < -0.4 is 0 Å². The normalized spacial score (nSPS) is 10.7. The molecule has 18 heavy (non-hydrogen) atoms. The summed E-state index contributed by atoms with van der Waals surface area (Å²) < 4.78 is 1.70. The first kappa shape index (κ1) is 10.6. The summed E-state index contributed by atoms with van der Waals surface area (Å²) in [6.07, 6.45) is 1.62. The van der Waals surface area contributed by atoms with Crippen molar-refractivity contribution in [3.8, 4) is 5.69 Å². The van der Waals surface area contributed by atoms with Crippen molar-refractivity contribution in [1.82, 2.24) is 20.0 Å². The van der Waals surface area contributed by atoms with Crippen molar-refractivity contribution in [3.63, 3.8) is 0 Å². The lowest BCUT2D eigenvalue weighted by Gasteiger charge is -2.02. The summed E-state index contributed by atoms with van der Waals surface area (Å²) in [4.78, 5) is 15.3. The number of hydrogen-bond donors (Lipinski definition) is 0. The molecule has 0 fully saturated rings. The van der Waals surface area contributed by atoms with E-state index in [9.17, 15) is 4.79 Å². The smallest absolute Gasteiger partial charge is 0.178 e. The maximum absolute atomic E-state index is 11.2. The maximum atomic E-state index is 11.2. The van der Waals surface area contributed by atoms with Gasteiger partial charge in [0, 0.05) is 6.92 Å². The van der Waals surface area contributed by atoms with Crippen molar-refractivity contribution in [3.05, 3.63) is 48.3 Å². The number of carbonyl (C=O) groups excluding carboxylic acids is 1. The molecule has 0 aliphatic carbocycles. The highest BCUT2D eigenvalue weighted by atomic mass is 16.1. The summed E-state index contributed by atoms with van der Waals surface area (Å²) in [5.74, 6) is -0.0509. The van der Waals surface area contributed by atoms with Crippen LogP contribution in [0.25, 0.3) is 16.7 Å². The number of fused-ring (bicyclic) bond motifs is 1.